The van der Waals surface area contributed by atoms with Gasteiger partial charge in [-0.15, -0.1) is 0 Å². The molecule has 1 aromatic carbocycles. The molecule has 0 radical (unpaired) electrons. The zero-order valence-corrected chi connectivity index (χ0v) is 8.77. The van der Waals surface area contributed by atoms with Crippen LogP contribution < -0.4 is 11.1 Å². The number of nitrogen functional groups attached to an aromatic ring is 1. The molecule has 0 saturated heterocycles. The highest BCUT2D eigenvalue weighted by molar-refractivity contribution is 5.98. The lowest BCUT2D eigenvalue weighted by Gasteiger charge is -2.05. The number of amides is 1. The lowest BCUT2D eigenvalue weighted by atomic mass is 10.1. The predicted molar refractivity (Wildman–Crippen MR) is 58.4 cm³/mol. The molecule has 0 unspecified atom stereocenters. The fourth-order valence-electron chi connectivity index (χ4n) is 1.32. The fraction of sp³-hybridized carbons (Fsp3) is 0.100. The summed E-state index contributed by atoms with van der Waals surface area (Å²) in [7, 11) is 0. The molecule has 2 rings (SSSR count). The molecule has 4 N–H and O–H groups in total. The normalized spacial score (nSPS) is 10.2. The van der Waals surface area contributed by atoms with Crippen LogP contribution in [0.25, 0.3) is 0 Å². The van der Waals surface area contributed by atoms with Crippen molar-refractivity contribution >= 4 is 11.6 Å². The van der Waals surface area contributed by atoms with E-state index in [0.29, 0.717) is 5.82 Å². The maximum Gasteiger partial charge on any atom is 0.253 e. The van der Waals surface area contributed by atoms with Crippen molar-refractivity contribution in [2.45, 2.75) is 6.54 Å². The fourth-order valence-corrected chi connectivity index (χ4v) is 1.32. The molecule has 17 heavy (non-hydrogen) atoms. The van der Waals surface area contributed by atoms with Crippen molar-refractivity contribution in [1.82, 2.24) is 20.5 Å². The second kappa shape index (κ2) is 4.60. The summed E-state index contributed by atoms with van der Waals surface area (Å²) >= 11 is 0. The van der Waals surface area contributed by atoms with Crippen molar-refractivity contribution in [3.63, 3.8) is 0 Å². The topological polar surface area (TPSA) is 96.7 Å². The molecule has 1 heterocycles. The maximum atomic E-state index is 12.8. The van der Waals surface area contributed by atoms with E-state index in [1.807, 2.05) is 0 Å². The molecule has 0 aliphatic carbocycles. The lowest BCUT2D eigenvalue weighted by Crippen LogP contribution is -2.24. The number of nitrogens with two attached hydrogens (primary N) is 1. The van der Waals surface area contributed by atoms with Gasteiger partial charge in [-0.05, 0) is 18.2 Å². The zero-order valence-electron chi connectivity index (χ0n) is 8.77. The number of rotatable bonds is 3. The number of hydrogen-bond donors (Lipinski definition) is 3. The number of H-pyrrole nitrogens is 1. The summed E-state index contributed by atoms with van der Waals surface area (Å²) in [6.07, 6.45) is 1.34. The Kier molecular flexibility index (Phi) is 2.99. The van der Waals surface area contributed by atoms with Crippen LogP contribution in [0.3, 0.4) is 0 Å². The van der Waals surface area contributed by atoms with Gasteiger partial charge in [-0.2, -0.15) is 5.10 Å². The molecule has 2 aromatic rings. The summed E-state index contributed by atoms with van der Waals surface area (Å²) in [4.78, 5) is 15.5. The van der Waals surface area contributed by atoms with E-state index in [2.05, 4.69) is 20.5 Å². The highest BCUT2D eigenvalue weighted by Gasteiger charge is 2.10. The zero-order chi connectivity index (χ0) is 12.3. The first kappa shape index (κ1) is 11.1. The van der Waals surface area contributed by atoms with Crippen LogP contribution in [-0.4, -0.2) is 21.1 Å². The Morgan fingerprint density at radius 1 is 1.53 bits per heavy atom. The van der Waals surface area contributed by atoms with Crippen LogP contribution >= 0.6 is 0 Å². The average Bonchev–Trinajstić information content (AvgIpc) is 2.78. The second-order valence-electron chi connectivity index (χ2n) is 3.35. The summed E-state index contributed by atoms with van der Waals surface area (Å²) < 4.78 is 12.8. The lowest BCUT2D eigenvalue weighted by molar-refractivity contribution is 0.0951. The molecule has 0 aliphatic heterocycles. The number of benzene rings is 1. The highest BCUT2D eigenvalue weighted by atomic mass is 19.1. The van der Waals surface area contributed by atoms with Gasteiger partial charge in [0, 0.05) is 5.69 Å². The average molecular weight is 235 g/mol. The molecule has 1 aromatic heterocycles. The Morgan fingerprint density at radius 2 is 2.35 bits per heavy atom. The van der Waals surface area contributed by atoms with Crippen LogP contribution in [0, 0.1) is 5.82 Å². The molecule has 7 heteroatoms. The van der Waals surface area contributed by atoms with Crippen molar-refractivity contribution in [2.75, 3.05) is 5.73 Å². The number of nitrogens with zero attached hydrogens (tertiary/aromatic N) is 2. The third-order valence-corrected chi connectivity index (χ3v) is 2.14. The van der Waals surface area contributed by atoms with Crippen molar-refractivity contribution < 1.29 is 9.18 Å². The number of carbonyl (C=O) groups excluding carboxylic acids is 1. The number of hydrogen-bond acceptors (Lipinski definition) is 4. The SMILES string of the molecule is Nc1cc(F)ccc1C(=O)NCc1ncn[nH]1. The van der Waals surface area contributed by atoms with E-state index >= 15 is 0 Å². The van der Waals surface area contributed by atoms with Crippen molar-refractivity contribution in [3.05, 3.63) is 41.7 Å². The van der Waals surface area contributed by atoms with Gasteiger partial charge in [0.05, 0.1) is 12.1 Å². The predicted octanol–water partition coefficient (Wildman–Crippen LogP) is 0.456. The Hall–Kier alpha value is -2.44. The van der Waals surface area contributed by atoms with Crippen LogP contribution in [0.15, 0.2) is 24.5 Å². The first-order valence-electron chi connectivity index (χ1n) is 4.84. The molecule has 0 atom stereocenters. The van der Waals surface area contributed by atoms with Gasteiger partial charge in [0.2, 0.25) is 0 Å². The van der Waals surface area contributed by atoms with E-state index < -0.39 is 5.82 Å². The first-order valence-corrected chi connectivity index (χ1v) is 4.84. The monoisotopic (exact) mass is 235 g/mol. The van der Waals surface area contributed by atoms with Crippen LogP contribution in [0.1, 0.15) is 16.2 Å². The van der Waals surface area contributed by atoms with Gasteiger partial charge in [-0.1, -0.05) is 0 Å². The summed E-state index contributed by atoms with van der Waals surface area (Å²) in [5, 5.41) is 8.83. The Labute approximate surface area is 96.1 Å². The van der Waals surface area contributed by atoms with Crippen molar-refractivity contribution in [3.8, 4) is 0 Å². The largest absolute Gasteiger partial charge is 0.398 e. The molecule has 1 amide bonds. The minimum atomic E-state index is -0.478. The van der Waals surface area contributed by atoms with Gasteiger partial charge in [-0.25, -0.2) is 9.37 Å². The summed E-state index contributed by atoms with van der Waals surface area (Å²) in [6.45, 7) is 0.204. The van der Waals surface area contributed by atoms with Gasteiger partial charge in [0.15, 0.2) is 0 Å². The molecular weight excluding hydrogens is 225 g/mol. The summed E-state index contributed by atoms with van der Waals surface area (Å²) in [5.74, 6) is -0.341. The van der Waals surface area contributed by atoms with Crippen LogP contribution in [0.5, 0.6) is 0 Å². The second-order valence-corrected chi connectivity index (χ2v) is 3.35. The molecular formula is C10H10FN5O. The van der Waals surface area contributed by atoms with Gasteiger partial charge in [-0.3, -0.25) is 9.89 Å². The molecule has 0 bridgehead atoms. The number of aromatic amines is 1. The van der Waals surface area contributed by atoms with E-state index in [1.165, 1.54) is 18.5 Å². The minimum Gasteiger partial charge on any atom is -0.398 e. The molecule has 0 fully saturated rings. The number of aromatic nitrogens is 3. The van der Waals surface area contributed by atoms with Gasteiger partial charge < -0.3 is 11.1 Å². The maximum absolute atomic E-state index is 12.8. The Balaban J connectivity index is 2.04. The van der Waals surface area contributed by atoms with E-state index in [1.54, 1.807) is 0 Å². The van der Waals surface area contributed by atoms with E-state index in [9.17, 15) is 9.18 Å². The van der Waals surface area contributed by atoms with Crippen molar-refractivity contribution in [1.29, 1.82) is 0 Å². The van der Waals surface area contributed by atoms with E-state index in [-0.39, 0.29) is 23.7 Å². The first-order chi connectivity index (χ1) is 8.16. The van der Waals surface area contributed by atoms with Gasteiger partial charge >= 0.3 is 0 Å². The molecule has 0 aliphatic rings. The smallest absolute Gasteiger partial charge is 0.253 e. The Morgan fingerprint density at radius 3 is 3.00 bits per heavy atom. The number of nitrogens with one attached hydrogen (secondary N) is 2. The third-order valence-electron chi connectivity index (χ3n) is 2.14. The van der Waals surface area contributed by atoms with Gasteiger partial charge in [0.25, 0.3) is 5.91 Å². The van der Waals surface area contributed by atoms with Crippen LogP contribution in [0.2, 0.25) is 0 Å². The minimum absolute atomic E-state index is 0.0973. The van der Waals surface area contributed by atoms with Gasteiger partial charge in [0.1, 0.15) is 18.0 Å². The quantitative estimate of drug-likeness (QED) is 0.673. The van der Waals surface area contributed by atoms with Crippen LogP contribution in [-0.2, 0) is 6.54 Å². The number of anilines is 1. The number of carbonyl (C=O) groups is 1. The summed E-state index contributed by atoms with van der Waals surface area (Å²) in [6, 6.07) is 3.61. The van der Waals surface area contributed by atoms with Crippen molar-refractivity contribution in [2.24, 2.45) is 0 Å². The third kappa shape index (κ3) is 2.57. The van der Waals surface area contributed by atoms with Crippen LogP contribution in [0.4, 0.5) is 10.1 Å². The molecule has 0 spiro atoms. The highest BCUT2D eigenvalue weighted by Crippen LogP contribution is 2.13. The molecule has 6 nitrogen and oxygen atoms in total. The summed E-state index contributed by atoms with van der Waals surface area (Å²) in [5.41, 5.74) is 5.86. The van der Waals surface area contributed by atoms with E-state index in [4.69, 9.17) is 5.73 Å². The van der Waals surface area contributed by atoms with E-state index in [0.717, 1.165) is 6.07 Å². The molecule has 0 saturated carbocycles. The Bertz CT molecular complexity index is 525. The standard InChI is InChI=1S/C10H10FN5O/c11-6-1-2-7(8(12)3-6)10(17)13-4-9-14-5-15-16-9/h1-3,5H,4,12H2,(H,13,17)(H,14,15,16). The number of halogens is 1. The molecule has 88 valence electrons.